The van der Waals surface area contributed by atoms with Gasteiger partial charge in [0.15, 0.2) is 0 Å². The van der Waals surface area contributed by atoms with Gasteiger partial charge < -0.3 is 5.73 Å². The molecule has 0 aliphatic heterocycles. The summed E-state index contributed by atoms with van der Waals surface area (Å²) in [6.07, 6.45) is 0.347. The molecule has 2 N–H and O–H groups in total. The second-order valence-corrected chi connectivity index (χ2v) is 3.50. The topological polar surface area (TPSA) is 38.9 Å². The number of halogens is 2. The van der Waals surface area contributed by atoms with E-state index in [-0.39, 0.29) is 4.88 Å². The van der Waals surface area contributed by atoms with Gasteiger partial charge in [-0.2, -0.15) is 0 Å². The SMILES string of the molecule is NCCCc1ncc(C(F)F)s1. The van der Waals surface area contributed by atoms with E-state index in [9.17, 15) is 8.78 Å². The molecule has 0 saturated heterocycles. The highest BCUT2D eigenvalue weighted by Gasteiger charge is 2.10. The zero-order valence-electron chi connectivity index (χ0n) is 6.46. The van der Waals surface area contributed by atoms with E-state index in [1.807, 2.05) is 0 Å². The predicted octanol–water partition coefficient (Wildman–Crippen LogP) is 1.97. The molecule has 68 valence electrons. The Morgan fingerprint density at radius 2 is 2.33 bits per heavy atom. The lowest BCUT2D eigenvalue weighted by atomic mass is 10.3. The molecule has 1 heterocycles. The molecule has 0 aromatic carbocycles. The van der Waals surface area contributed by atoms with E-state index in [1.54, 1.807) is 0 Å². The monoisotopic (exact) mass is 192 g/mol. The van der Waals surface area contributed by atoms with Crippen LogP contribution in [-0.2, 0) is 6.42 Å². The molecule has 12 heavy (non-hydrogen) atoms. The third kappa shape index (κ3) is 2.49. The standard InChI is InChI=1S/C7H10F2N2S/c8-7(9)5-4-11-6(12-5)2-1-3-10/h4,7H,1-3,10H2. The minimum absolute atomic E-state index is 0.0435. The predicted molar refractivity (Wildman–Crippen MR) is 44.4 cm³/mol. The Labute approximate surface area is 73.4 Å². The van der Waals surface area contributed by atoms with Crippen molar-refractivity contribution in [2.75, 3.05) is 6.54 Å². The van der Waals surface area contributed by atoms with Gasteiger partial charge in [0, 0.05) is 12.6 Å². The van der Waals surface area contributed by atoms with Crippen molar-refractivity contribution in [1.82, 2.24) is 4.98 Å². The Morgan fingerprint density at radius 3 is 2.83 bits per heavy atom. The minimum atomic E-state index is -2.39. The highest BCUT2D eigenvalue weighted by Crippen LogP contribution is 2.25. The highest BCUT2D eigenvalue weighted by molar-refractivity contribution is 7.11. The zero-order chi connectivity index (χ0) is 8.97. The van der Waals surface area contributed by atoms with Crippen LogP contribution in [0.5, 0.6) is 0 Å². The maximum atomic E-state index is 12.0. The van der Waals surface area contributed by atoms with Gasteiger partial charge in [-0.25, -0.2) is 13.8 Å². The fourth-order valence-electron chi connectivity index (χ4n) is 0.794. The van der Waals surface area contributed by atoms with Crippen molar-refractivity contribution in [1.29, 1.82) is 0 Å². The smallest absolute Gasteiger partial charge is 0.274 e. The van der Waals surface area contributed by atoms with Gasteiger partial charge >= 0.3 is 0 Å². The fourth-order valence-corrected chi connectivity index (χ4v) is 1.61. The number of hydrogen-bond acceptors (Lipinski definition) is 3. The Bertz CT molecular complexity index is 237. The van der Waals surface area contributed by atoms with Crippen LogP contribution in [0.3, 0.4) is 0 Å². The number of hydrogen-bond donors (Lipinski definition) is 1. The van der Waals surface area contributed by atoms with Crippen molar-refractivity contribution in [3.8, 4) is 0 Å². The van der Waals surface area contributed by atoms with Crippen LogP contribution < -0.4 is 5.73 Å². The number of aryl methyl sites for hydroxylation is 1. The quantitative estimate of drug-likeness (QED) is 0.792. The summed E-state index contributed by atoms with van der Waals surface area (Å²) in [6.45, 7) is 0.573. The summed E-state index contributed by atoms with van der Waals surface area (Å²) >= 11 is 1.06. The lowest BCUT2D eigenvalue weighted by Crippen LogP contribution is -1.99. The molecule has 0 unspecified atom stereocenters. The van der Waals surface area contributed by atoms with Crippen molar-refractivity contribution < 1.29 is 8.78 Å². The number of nitrogens with two attached hydrogens (primary N) is 1. The zero-order valence-corrected chi connectivity index (χ0v) is 7.28. The van der Waals surface area contributed by atoms with Crippen LogP contribution >= 0.6 is 11.3 Å². The van der Waals surface area contributed by atoms with Gasteiger partial charge in [0.2, 0.25) is 0 Å². The number of nitrogens with zero attached hydrogens (tertiary/aromatic N) is 1. The van der Waals surface area contributed by atoms with Crippen molar-refractivity contribution >= 4 is 11.3 Å². The number of rotatable bonds is 4. The van der Waals surface area contributed by atoms with Crippen molar-refractivity contribution in [2.45, 2.75) is 19.3 Å². The fraction of sp³-hybridized carbons (Fsp3) is 0.571. The van der Waals surface area contributed by atoms with Crippen molar-refractivity contribution in [3.63, 3.8) is 0 Å². The first-order chi connectivity index (χ1) is 5.74. The van der Waals surface area contributed by atoms with Gasteiger partial charge in [0.05, 0.1) is 9.88 Å². The Hall–Kier alpha value is -0.550. The van der Waals surface area contributed by atoms with E-state index in [2.05, 4.69) is 4.98 Å². The third-order valence-electron chi connectivity index (χ3n) is 1.38. The van der Waals surface area contributed by atoms with Gasteiger partial charge in [-0.1, -0.05) is 0 Å². The van der Waals surface area contributed by atoms with Crippen LogP contribution in [0.15, 0.2) is 6.20 Å². The molecule has 0 aliphatic rings. The second-order valence-electron chi connectivity index (χ2n) is 2.35. The van der Waals surface area contributed by atoms with Gasteiger partial charge in [-0.05, 0) is 13.0 Å². The average Bonchev–Trinajstić information content (AvgIpc) is 2.48. The summed E-state index contributed by atoms with van der Waals surface area (Å²) in [5, 5.41) is 0.746. The Morgan fingerprint density at radius 1 is 1.58 bits per heavy atom. The number of alkyl halides is 2. The van der Waals surface area contributed by atoms with Gasteiger partial charge in [-0.3, -0.25) is 0 Å². The van der Waals surface area contributed by atoms with Crippen molar-refractivity contribution in [2.24, 2.45) is 5.73 Å². The van der Waals surface area contributed by atoms with Crippen LogP contribution in [0.1, 0.15) is 22.7 Å². The molecule has 0 radical (unpaired) electrons. The first-order valence-corrected chi connectivity index (χ1v) is 4.48. The Kier molecular flexibility index (Phi) is 3.55. The molecule has 0 bridgehead atoms. The van der Waals surface area contributed by atoms with E-state index in [0.29, 0.717) is 13.0 Å². The number of thiazole rings is 1. The van der Waals surface area contributed by atoms with E-state index in [4.69, 9.17) is 5.73 Å². The Balaban J connectivity index is 2.52. The van der Waals surface area contributed by atoms with Crippen LogP contribution in [0.4, 0.5) is 8.78 Å². The van der Waals surface area contributed by atoms with Crippen LogP contribution in [0.2, 0.25) is 0 Å². The summed E-state index contributed by atoms with van der Waals surface area (Å²) in [4.78, 5) is 3.90. The van der Waals surface area contributed by atoms with E-state index in [0.717, 1.165) is 22.8 Å². The molecule has 1 rings (SSSR count). The molecule has 0 saturated carbocycles. The summed E-state index contributed by atoms with van der Waals surface area (Å²) < 4.78 is 24.1. The van der Waals surface area contributed by atoms with Gasteiger partial charge in [0.25, 0.3) is 6.43 Å². The molecular formula is C7H10F2N2S. The second kappa shape index (κ2) is 4.47. The van der Waals surface area contributed by atoms with Crippen LogP contribution in [0, 0.1) is 0 Å². The molecular weight excluding hydrogens is 182 g/mol. The first-order valence-electron chi connectivity index (χ1n) is 3.67. The van der Waals surface area contributed by atoms with Crippen LogP contribution in [-0.4, -0.2) is 11.5 Å². The molecule has 0 amide bonds. The largest absolute Gasteiger partial charge is 0.330 e. The average molecular weight is 192 g/mol. The summed E-state index contributed by atoms with van der Waals surface area (Å²) in [5.41, 5.74) is 5.27. The molecule has 0 aliphatic carbocycles. The van der Waals surface area contributed by atoms with E-state index < -0.39 is 6.43 Å². The van der Waals surface area contributed by atoms with E-state index in [1.165, 1.54) is 6.20 Å². The minimum Gasteiger partial charge on any atom is -0.330 e. The summed E-state index contributed by atoms with van der Waals surface area (Å²) in [5.74, 6) is 0. The molecule has 0 fully saturated rings. The maximum absolute atomic E-state index is 12.0. The molecule has 1 aromatic heterocycles. The highest BCUT2D eigenvalue weighted by atomic mass is 32.1. The first kappa shape index (κ1) is 9.54. The molecule has 0 atom stereocenters. The van der Waals surface area contributed by atoms with Crippen LogP contribution in [0.25, 0.3) is 0 Å². The normalized spacial score (nSPS) is 11.0. The van der Waals surface area contributed by atoms with Gasteiger partial charge in [0.1, 0.15) is 0 Å². The van der Waals surface area contributed by atoms with Gasteiger partial charge in [-0.15, -0.1) is 11.3 Å². The van der Waals surface area contributed by atoms with Crippen molar-refractivity contribution in [3.05, 3.63) is 16.1 Å². The summed E-state index contributed by atoms with van der Waals surface area (Å²) in [6, 6.07) is 0. The lowest BCUT2D eigenvalue weighted by molar-refractivity contribution is 0.155. The molecule has 2 nitrogen and oxygen atoms in total. The number of aromatic nitrogens is 1. The molecule has 1 aromatic rings. The molecule has 5 heteroatoms. The molecule has 0 spiro atoms. The third-order valence-corrected chi connectivity index (χ3v) is 2.45. The van der Waals surface area contributed by atoms with E-state index >= 15 is 0 Å². The summed E-state index contributed by atoms with van der Waals surface area (Å²) in [7, 11) is 0. The maximum Gasteiger partial charge on any atom is 0.274 e. The lowest BCUT2D eigenvalue weighted by Gasteiger charge is -1.91.